The van der Waals surface area contributed by atoms with Gasteiger partial charge in [0.15, 0.2) is 11.9 Å². The van der Waals surface area contributed by atoms with Crippen LogP contribution >= 0.6 is 0 Å². The molecule has 0 bridgehead atoms. The summed E-state index contributed by atoms with van der Waals surface area (Å²) in [5.41, 5.74) is 1.55. The monoisotopic (exact) mass is 383 g/mol. The Morgan fingerprint density at radius 3 is 3.04 bits per heavy atom. The topological polar surface area (TPSA) is 94.2 Å². The average Bonchev–Trinajstić information content (AvgIpc) is 3.18. The van der Waals surface area contributed by atoms with Gasteiger partial charge in [-0.2, -0.15) is 4.98 Å². The number of hydrogen-bond donors (Lipinski definition) is 0. The molecule has 0 spiro atoms. The predicted molar refractivity (Wildman–Crippen MR) is 94.9 cm³/mol. The molecule has 1 aliphatic rings. The number of aryl methyl sites for hydroxylation is 1. The van der Waals surface area contributed by atoms with E-state index in [0.717, 1.165) is 0 Å². The Morgan fingerprint density at radius 2 is 2.21 bits per heavy atom. The van der Waals surface area contributed by atoms with E-state index >= 15 is 0 Å². The van der Waals surface area contributed by atoms with Crippen molar-refractivity contribution in [1.29, 1.82) is 0 Å². The number of aromatic nitrogens is 4. The molecule has 1 saturated heterocycles. The third kappa shape index (κ3) is 3.74. The van der Waals surface area contributed by atoms with Crippen molar-refractivity contribution in [2.45, 2.75) is 19.4 Å². The van der Waals surface area contributed by atoms with Crippen LogP contribution in [0.2, 0.25) is 0 Å². The second kappa shape index (κ2) is 7.81. The second-order valence-corrected chi connectivity index (χ2v) is 6.45. The molecule has 9 heteroatoms. The summed E-state index contributed by atoms with van der Waals surface area (Å²) >= 11 is 0. The Morgan fingerprint density at radius 1 is 1.36 bits per heavy atom. The number of amides is 1. The molecule has 1 aromatic carbocycles. The molecule has 1 atom stereocenters. The van der Waals surface area contributed by atoms with Crippen molar-refractivity contribution < 1.29 is 18.4 Å². The Hall–Kier alpha value is -3.20. The SMILES string of the molecule is Cc1ncncc1C(=O)N1CCOC(c2nc(Cc3ccccc3F)no2)C1. The number of rotatable bonds is 4. The first-order chi connectivity index (χ1) is 13.6. The molecule has 0 N–H and O–H groups in total. The Labute approximate surface area is 160 Å². The smallest absolute Gasteiger partial charge is 0.257 e. The number of halogens is 1. The van der Waals surface area contributed by atoms with Gasteiger partial charge in [-0.3, -0.25) is 4.79 Å². The maximum absolute atomic E-state index is 13.8. The minimum absolute atomic E-state index is 0.169. The number of morpholine rings is 1. The molecule has 0 radical (unpaired) electrons. The minimum Gasteiger partial charge on any atom is -0.365 e. The van der Waals surface area contributed by atoms with Gasteiger partial charge in [0.1, 0.15) is 12.1 Å². The van der Waals surface area contributed by atoms with Crippen molar-refractivity contribution in [1.82, 2.24) is 25.0 Å². The lowest BCUT2D eigenvalue weighted by Crippen LogP contribution is -2.42. The molecule has 28 heavy (non-hydrogen) atoms. The van der Waals surface area contributed by atoms with Crippen molar-refractivity contribution in [3.63, 3.8) is 0 Å². The van der Waals surface area contributed by atoms with Crippen LogP contribution in [0.25, 0.3) is 0 Å². The maximum Gasteiger partial charge on any atom is 0.257 e. The molecule has 0 saturated carbocycles. The van der Waals surface area contributed by atoms with Crippen molar-refractivity contribution in [2.24, 2.45) is 0 Å². The van der Waals surface area contributed by atoms with Gasteiger partial charge < -0.3 is 14.2 Å². The third-order valence-corrected chi connectivity index (χ3v) is 4.56. The lowest BCUT2D eigenvalue weighted by atomic mass is 10.1. The van der Waals surface area contributed by atoms with Gasteiger partial charge in [0.25, 0.3) is 11.8 Å². The fourth-order valence-electron chi connectivity index (χ4n) is 3.04. The van der Waals surface area contributed by atoms with Crippen LogP contribution in [0.5, 0.6) is 0 Å². The number of benzene rings is 1. The van der Waals surface area contributed by atoms with Crippen LogP contribution < -0.4 is 0 Å². The highest BCUT2D eigenvalue weighted by Crippen LogP contribution is 2.23. The van der Waals surface area contributed by atoms with Crippen LogP contribution in [-0.2, 0) is 11.2 Å². The van der Waals surface area contributed by atoms with Gasteiger partial charge >= 0.3 is 0 Å². The minimum atomic E-state index is -0.537. The van der Waals surface area contributed by atoms with Gasteiger partial charge in [0.05, 0.1) is 24.4 Å². The molecule has 1 unspecified atom stereocenters. The maximum atomic E-state index is 13.8. The summed E-state index contributed by atoms with van der Waals surface area (Å²) < 4.78 is 24.8. The molecule has 3 heterocycles. The summed E-state index contributed by atoms with van der Waals surface area (Å²) in [5, 5.41) is 3.91. The van der Waals surface area contributed by atoms with Gasteiger partial charge in [-0.25, -0.2) is 14.4 Å². The molecule has 4 rings (SSSR count). The van der Waals surface area contributed by atoms with Gasteiger partial charge in [-0.15, -0.1) is 0 Å². The first-order valence-corrected chi connectivity index (χ1v) is 8.85. The van der Waals surface area contributed by atoms with Crippen LogP contribution in [0.15, 0.2) is 41.3 Å². The number of carbonyl (C=O) groups excluding carboxylic acids is 1. The Kier molecular flexibility index (Phi) is 5.07. The Bertz CT molecular complexity index is 993. The van der Waals surface area contributed by atoms with E-state index in [4.69, 9.17) is 9.26 Å². The van der Waals surface area contributed by atoms with Gasteiger partial charge in [0, 0.05) is 19.2 Å². The highest BCUT2D eigenvalue weighted by atomic mass is 19.1. The molecule has 8 nitrogen and oxygen atoms in total. The fourth-order valence-corrected chi connectivity index (χ4v) is 3.04. The normalized spacial score (nSPS) is 16.9. The number of carbonyl (C=O) groups is 1. The summed E-state index contributed by atoms with van der Waals surface area (Å²) in [6.45, 7) is 2.82. The highest BCUT2D eigenvalue weighted by Gasteiger charge is 2.30. The van der Waals surface area contributed by atoms with Crippen LogP contribution in [-0.4, -0.2) is 50.6 Å². The Balaban J connectivity index is 1.47. The highest BCUT2D eigenvalue weighted by molar-refractivity contribution is 5.94. The number of nitrogens with zero attached hydrogens (tertiary/aromatic N) is 5. The standard InChI is InChI=1S/C19H18FN5O3/c1-12-14(9-21-11-22-12)19(26)25-6-7-27-16(10-25)18-23-17(24-28-18)8-13-4-2-3-5-15(13)20/h2-5,9,11,16H,6-8,10H2,1H3. The number of hydrogen-bond acceptors (Lipinski definition) is 7. The van der Waals surface area contributed by atoms with E-state index in [0.29, 0.717) is 35.8 Å². The van der Waals surface area contributed by atoms with E-state index in [2.05, 4.69) is 20.1 Å². The molecule has 2 aromatic heterocycles. The summed E-state index contributed by atoms with van der Waals surface area (Å²) in [6.07, 6.45) is 2.59. The molecule has 3 aromatic rings. The van der Waals surface area contributed by atoms with Crippen LogP contribution in [0, 0.1) is 12.7 Å². The summed E-state index contributed by atoms with van der Waals surface area (Å²) in [5.74, 6) is 0.141. The van der Waals surface area contributed by atoms with E-state index in [1.54, 1.807) is 30.0 Å². The zero-order chi connectivity index (χ0) is 19.5. The van der Waals surface area contributed by atoms with Gasteiger partial charge in [-0.1, -0.05) is 23.4 Å². The summed E-state index contributed by atoms with van der Waals surface area (Å²) in [4.78, 5) is 26.7. The first kappa shape index (κ1) is 18.2. The average molecular weight is 383 g/mol. The predicted octanol–water partition coefficient (Wildman–Crippen LogP) is 2.11. The molecular weight excluding hydrogens is 365 g/mol. The molecule has 144 valence electrons. The van der Waals surface area contributed by atoms with Crippen molar-refractivity contribution in [3.05, 3.63) is 71.1 Å². The quantitative estimate of drug-likeness (QED) is 0.681. The second-order valence-electron chi connectivity index (χ2n) is 6.45. The van der Waals surface area contributed by atoms with Crippen LogP contribution in [0.1, 0.15) is 39.4 Å². The lowest BCUT2D eigenvalue weighted by molar-refractivity contribution is -0.0367. The van der Waals surface area contributed by atoms with Crippen molar-refractivity contribution >= 4 is 5.91 Å². The van der Waals surface area contributed by atoms with E-state index in [-0.39, 0.29) is 30.6 Å². The third-order valence-electron chi connectivity index (χ3n) is 4.56. The van der Waals surface area contributed by atoms with Crippen LogP contribution in [0.3, 0.4) is 0 Å². The van der Waals surface area contributed by atoms with Crippen molar-refractivity contribution in [2.75, 3.05) is 19.7 Å². The van der Waals surface area contributed by atoms with E-state index < -0.39 is 6.10 Å². The lowest BCUT2D eigenvalue weighted by Gasteiger charge is -2.31. The molecule has 1 fully saturated rings. The zero-order valence-electron chi connectivity index (χ0n) is 15.2. The zero-order valence-corrected chi connectivity index (χ0v) is 15.2. The van der Waals surface area contributed by atoms with E-state index in [1.165, 1.54) is 18.6 Å². The molecule has 1 aliphatic heterocycles. The van der Waals surface area contributed by atoms with E-state index in [1.807, 2.05) is 0 Å². The van der Waals surface area contributed by atoms with Gasteiger partial charge in [0.2, 0.25) is 0 Å². The first-order valence-electron chi connectivity index (χ1n) is 8.85. The summed E-state index contributed by atoms with van der Waals surface area (Å²) in [6, 6.07) is 6.44. The molecule has 0 aliphatic carbocycles. The molecule has 1 amide bonds. The summed E-state index contributed by atoms with van der Waals surface area (Å²) in [7, 11) is 0. The fraction of sp³-hybridized carbons (Fsp3) is 0.316. The van der Waals surface area contributed by atoms with Crippen molar-refractivity contribution in [3.8, 4) is 0 Å². The van der Waals surface area contributed by atoms with Crippen LogP contribution in [0.4, 0.5) is 4.39 Å². The number of ether oxygens (including phenoxy) is 1. The molecular formula is C19H18FN5O3. The van der Waals surface area contributed by atoms with E-state index in [9.17, 15) is 9.18 Å². The largest absolute Gasteiger partial charge is 0.365 e. The van der Waals surface area contributed by atoms with Gasteiger partial charge in [-0.05, 0) is 18.6 Å².